The van der Waals surface area contributed by atoms with Crippen LogP contribution in [0.25, 0.3) is 0 Å². The number of rotatable bonds is 8. The van der Waals surface area contributed by atoms with Crippen LogP contribution in [0.4, 0.5) is 5.82 Å². The second kappa shape index (κ2) is 6.85. The highest BCUT2D eigenvalue weighted by molar-refractivity contribution is 8.13. The molecule has 1 heterocycles. The molecule has 0 atom stereocenters. The van der Waals surface area contributed by atoms with Crippen molar-refractivity contribution in [2.24, 2.45) is 0 Å². The fourth-order valence-electron chi connectivity index (χ4n) is 1.86. The summed E-state index contributed by atoms with van der Waals surface area (Å²) >= 11 is 0. The molecular formula is C11H16ClN3O4S. The average molecular weight is 322 g/mol. The summed E-state index contributed by atoms with van der Waals surface area (Å²) in [5, 5.41) is 14.6. The van der Waals surface area contributed by atoms with Crippen molar-refractivity contribution in [3.63, 3.8) is 0 Å². The molecule has 0 saturated carbocycles. The molecule has 0 aliphatic heterocycles. The molecule has 0 amide bonds. The Bertz CT molecular complexity index is 609. The first kappa shape index (κ1) is 16.6. The number of hydrogen-bond donors (Lipinski definition) is 0. The SMILES string of the molecule is C=CCCCCCn1nc([N+](=O)[O-])c(S(=O)(=O)Cl)c1C. The normalized spacial score (nSPS) is 11.5. The third-order valence-electron chi connectivity index (χ3n) is 2.83. The van der Waals surface area contributed by atoms with E-state index in [1.54, 1.807) is 0 Å². The number of nitro groups is 1. The molecular weight excluding hydrogens is 306 g/mol. The monoisotopic (exact) mass is 321 g/mol. The minimum atomic E-state index is -4.19. The zero-order chi connectivity index (χ0) is 15.3. The van der Waals surface area contributed by atoms with Crippen molar-refractivity contribution < 1.29 is 13.3 Å². The zero-order valence-electron chi connectivity index (χ0n) is 11.1. The number of allylic oxidation sites excluding steroid dienone is 1. The average Bonchev–Trinajstić information content (AvgIpc) is 2.66. The molecule has 0 aliphatic carbocycles. The Balaban J connectivity index is 2.94. The van der Waals surface area contributed by atoms with Crippen molar-refractivity contribution >= 4 is 25.6 Å². The molecule has 0 saturated heterocycles. The van der Waals surface area contributed by atoms with Gasteiger partial charge < -0.3 is 10.1 Å². The van der Waals surface area contributed by atoms with Crippen LogP contribution >= 0.6 is 10.7 Å². The summed E-state index contributed by atoms with van der Waals surface area (Å²) in [5.41, 5.74) is 0.190. The van der Waals surface area contributed by atoms with Gasteiger partial charge in [-0.15, -0.1) is 6.58 Å². The maximum absolute atomic E-state index is 11.4. The van der Waals surface area contributed by atoms with Gasteiger partial charge in [-0.2, -0.15) is 4.68 Å². The molecule has 1 aromatic rings. The highest BCUT2D eigenvalue weighted by Crippen LogP contribution is 2.29. The molecule has 0 aliphatic rings. The molecule has 0 spiro atoms. The van der Waals surface area contributed by atoms with Gasteiger partial charge in [-0.25, -0.2) is 8.42 Å². The standard InChI is InChI=1S/C11H16ClN3O4S/c1-3-4-5-6-7-8-14-9(2)10(20(12,18)19)11(13-14)15(16)17/h3H,1,4-8H2,2H3. The quantitative estimate of drug-likeness (QED) is 0.241. The minimum Gasteiger partial charge on any atom is -0.358 e. The van der Waals surface area contributed by atoms with E-state index in [-0.39, 0.29) is 5.69 Å². The molecule has 0 radical (unpaired) electrons. The van der Waals surface area contributed by atoms with Crippen LogP contribution in [0, 0.1) is 17.0 Å². The van der Waals surface area contributed by atoms with Crippen molar-refractivity contribution in [3.8, 4) is 0 Å². The Labute approximate surface area is 121 Å². The maximum atomic E-state index is 11.4. The predicted molar refractivity (Wildman–Crippen MR) is 75.3 cm³/mol. The Morgan fingerprint density at radius 2 is 2.10 bits per heavy atom. The van der Waals surface area contributed by atoms with E-state index in [1.165, 1.54) is 11.6 Å². The highest BCUT2D eigenvalue weighted by atomic mass is 35.7. The minimum absolute atomic E-state index is 0.190. The van der Waals surface area contributed by atoms with Crippen LogP contribution in [0.1, 0.15) is 31.4 Å². The molecule has 1 aromatic heterocycles. The van der Waals surface area contributed by atoms with E-state index in [0.29, 0.717) is 6.54 Å². The molecule has 0 bridgehead atoms. The summed E-state index contributed by atoms with van der Waals surface area (Å²) in [6.45, 7) is 5.49. The van der Waals surface area contributed by atoms with Gasteiger partial charge in [0.05, 0.1) is 17.3 Å². The van der Waals surface area contributed by atoms with Crippen molar-refractivity contribution in [2.45, 2.75) is 44.0 Å². The lowest BCUT2D eigenvalue weighted by molar-refractivity contribution is -0.392. The van der Waals surface area contributed by atoms with Gasteiger partial charge in [0.1, 0.15) is 0 Å². The van der Waals surface area contributed by atoms with Crippen LogP contribution < -0.4 is 0 Å². The van der Waals surface area contributed by atoms with E-state index in [9.17, 15) is 18.5 Å². The number of unbranched alkanes of at least 4 members (excludes halogenated alkanes) is 3. The Morgan fingerprint density at radius 1 is 1.45 bits per heavy atom. The van der Waals surface area contributed by atoms with Gasteiger partial charge in [-0.3, -0.25) is 0 Å². The van der Waals surface area contributed by atoms with Crippen molar-refractivity contribution in [1.82, 2.24) is 9.78 Å². The van der Waals surface area contributed by atoms with Gasteiger partial charge in [-0.05, 0) is 31.1 Å². The Morgan fingerprint density at radius 3 is 2.55 bits per heavy atom. The van der Waals surface area contributed by atoms with Crippen molar-refractivity contribution in [1.29, 1.82) is 0 Å². The van der Waals surface area contributed by atoms with E-state index in [2.05, 4.69) is 11.7 Å². The van der Waals surface area contributed by atoms with Crippen LogP contribution in [-0.2, 0) is 15.6 Å². The molecule has 1 rings (SSSR count). The lowest BCUT2D eigenvalue weighted by atomic mass is 10.2. The summed E-state index contributed by atoms with van der Waals surface area (Å²) in [6.07, 6.45) is 5.34. The van der Waals surface area contributed by atoms with Gasteiger partial charge in [0, 0.05) is 10.7 Å². The third-order valence-corrected chi connectivity index (χ3v) is 4.26. The summed E-state index contributed by atoms with van der Waals surface area (Å²) in [6, 6.07) is 0. The van der Waals surface area contributed by atoms with Gasteiger partial charge >= 0.3 is 5.82 Å². The van der Waals surface area contributed by atoms with Crippen LogP contribution in [0.3, 0.4) is 0 Å². The van der Waals surface area contributed by atoms with E-state index < -0.39 is 24.7 Å². The van der Waals surface area contributed by atoms with Gasteiger partial charge in [0.25, 0.3) is 9.05 Å². The summed E-state index contributed by atoms with van der Waals surface area (Å²) in [4.78, 5) is 9.49. The first-order valence-corrected chi connectivity index (χ1v) is 8.37. The first-order valence-electron chi connectivity index (χ1n) is 6.06. The second-order valence-corrected chi connectivity index (χ2v) is 6.80. The van der Waals surface area contributed by atoms with Crippen molar-refractivity contribution in [3.05, 3.63) is 28.5 Å². The highest BCUT2D eigenvalue weighted by Gasteiger charge is 2.33. The van der Waals surface area contributed by atoms with Crippen LogP contribution in [0.5, 0.6) is 0 Å². The van der Waals surface area contributed by atoms with Crippen LogP contribution in [-0.4, -0.2) is 23.1 Å². The topological polar surface area (TPSA) is 95.1 Å². The van der Waals surface area contributed by atoms with E-state index in [1.807, 2.05) is 6.08 Å². The fraction of sp³-hybridized carbons (Fsp3) is 0.545. The summed E-state index contributed by atoms with van der Waals surface area (Å²) in [5.74, 6) is -0.719. The van der Waals surface area contributed by atoms with Gasteiger partial charge in [-0.1, -0.05) is 12.5 Å². The Kier molecular flexibility index (Phi) is 5.70. The van der Waals surface area contributed by atoms with E-state index in [0.717, 1.165) is 25.7 Å². The molecule has 9 heteroatoms. The number of aromatic nitrogens is 2. The van der Waals surface area contributed by atoms with Gasteiger partial charge in [0.2, 0.25) is 4.90 Å². The van der Waals surface area contributed by atoms with Crippen LogP contribution in [0.2, 0.25) is 0 Å². The van der Waals surface area contributed by atoms with E-state index >= 15 is 0 Å². The third kappa shape index (κ3) is 4.04. The first-order chi connectivity index (χ1) is 9.29. The number of halogens is 1. The zero-order valence-corrected chi connectivity index (χ0v) is 12.7. The number of aryl methyl sites for hydroxylation is 1. The molecule has 0 aromatic carbocycles. The van der Waals surface area contributed by atoms with Gasteiger partial charge in [0.15, 0.2) is 0 Å². The maximum Gasteiger partial charge on any atom is 0.410 e. The lowest BCUT2D eigenvalue weighted by Gasteiger charge is -2.00. The largest absolute Gasteiger partial charge is 0.410 e. The number of hydrogen-bond acceptors (Lipinski definition) is 5. The van der Waals surface area contributed by atoms with E-state index in [4.69, 9.17) is 10.7 Å². The molecule has 0 unspecified atom stereocenters. The Hall–Kier alpha value is -1.41. The van der Waals surface area contributed by atoms with Crippen molar-refractivity contribution in [2.75, 3.05) is 0 Å². The molecule has 20 heavy (non-hydrogen) atoms. The summed E-state index contributed by atoms with van der Waals surface area (Å²) < 4.78 is 24.1. The number of nitrogens with zero attached hydrogens (tertiary/aromatic N) is 3. The predicted octanol–water partition coefficient (Wildman–Crippen LogP) is 2.77. The molecule has 7 nitrogen and oxygen atoms in total. The van der Waals surface area contributed by atoms with Crippen LogP contribution in [0.15, 0.2) is 17.6 Å². The lowest BCUT2D eigenvalue weighted by Crippen LogP contribution is -2.03. The smallest absolute Gasteiger partial charge is 0.358 e. The molecule has 0 fully saturated rings. The summed E-state index contributed by atoms with van der Waals surface area (Å²) in [7, 11) is 1.04. The second-order valence-electron chi connectivity index (χ2n) is 4.29. The molecule has 0 N–H and O–H groups in total. The fourth-order valence-corrected chi connectivity index (χ4v) is 3.20. The molecule has 112 valence electrons.